The van der Waals surface area contributed by atoms with Crippen LogP contribution in [0.25, 0.3) is 0 Å². The highest BCUT2D eigenvalue weighted by molar-refractivity contribution is 5.84. The molecule has 0 aromatic carbocycles. The van der Waals surface area contributed by atoms with Gasteiger partial charge in [0.05, 0.1) is 0 Å². The number of nitrogens with zero attached hydrogens (tertiary/aromatic N) is 1. The zero-order valence-corrected chi connectivity index (χ0v) is 15.4. The first-order chi connectivity index (χ1) is 10.0. The van der Waals surface area contributed by atoms with Gasteiger partial charge in [-0.2, -0.15) is 0 Å². The number of carbonyl (C=O) groups is 2. The number of carbonyl (C=O) groups excluding carboxylic acids is 2. The molecule has 0 spiro atoms. The molecule has 1 aliphatic carbocycles. The highest BCUT2D eigenvalue weighted by Gasteiger charge is 2.40. The van der Waals surface area contributed by atoms with Crippen molar-refractivity contribution in [3.63, 3.8) is 0 Å². The molecule has 1 N–H and O–H groups in total. The molecule has 1 saturated carbocycles. The van der Waals surface area contributed by atoms with Crippen LogP contribution in [-0.2, 0) is 9.59 Å². The van der Waals surface area contributed by atoms with Gasteiger partial charge in [-0.15, -0.1) is 0 Å². The van der Waals surface area contributed by atoms with E-state index in [1.165, 1.54) is 0 Å². The maximum atomic E-state index is 12.3. The molecular weight excluding hydrogens is 276 g/mol. The largest absolute Gasteiger partial charge is 0.357 e. The Bertz CT molecular complexity index is 385. The molecule has 0 radical (unpaired) electrons. The molecule has 1 rings (SSSR count). The zero-order valence-electron chi connectivity index (χ0n) is 15.4. The molecule has 2 amide bonds. The van der Waals surface area contributed by atoms with Crippen LogP contribution in [0.5, 0.6) is 0 Å². The topological polar surface area (TPSA) is 49.4 Å². The number of likely N-dealkylation sites (N-methyl/N-ethyl adjacent to an activating group) is 1. The van der Waals surface area contributed by atoms with Crippen LogP contribution in [0.1, 0.15) is 67.2 Å². The van der Waals surface area contributed by atoms with E-state index in [0.29, 0.717) is 11.3 Å². The Morgan fingerprint density at radius 3 is 1.91 bits per heavy atom. The van der Waals surface area contributed by atoms with Crippen molar-refractivity contribution >= 4 is 12.3 Å². The highest BCUT2D eigenvalue weighted by Crippen LogP contribution is 2.40. The second-order valence-electron chi connectivity index (χ2n) is 8.81. The van der Waals surface area contributed by atoms with E-state index in [2.05, 4.69) is 26.1 Å². The van der Waals surface area contributed by atoms with Crippen molar-refractivity contribution in [2.75, 3.05) is 7.05 Å². The van der Waals surface area contributed by atoms with Gasteiger partial charge in [0, 0.05) is 13.1 Å². The van der Waals surface area contributed by atoms with Crippen LogP contribution in [0, 0.1) is 16.7 Å². The molecule has 1 unspecified atom stereocenters. The van der Waals surface area contributed by atoms with Crippen LogP contribution in [0.15, 0.2) is 0 Å². The lowest BCUT2D eigenvalue weighted by Crippen LogP contribution is -2.56. The molecule has 0 aromatic heterocycles. The summed E-state index contributed by atoms with van der Waals surface area (Å²) < 4.78 is 0. The first kappa shape index (κ1) is 19.0. The van der Waals surface area contributed by atoms with E-state index >= 15 is 0 Å². The first-order valence-electron chi connectivity index (χ1n) is 8.46. The van der Waals surface area contributed by atoms with Crippen LogP contribution in [0.2, 0.25) is 0 Å². The van der Waals surface area contributed by atoms with Crippen LogP contribution in [-0.4, -0.2) is 36.3 Å². The van der Waals surface area contributed by atoms with Gasteiger partial charge in [-0.1, -0.05) is 41.5 Å². The number of amides is 2. The normalized spacial score (nSPS) is 24.5. The van der Waals surface area contributed by atoms with Gasteiger partial charge in [0.25, 0.3) is 0 Å². The monoisotopic (exact) mass is 310 g/mol. The van der Waals surface area contributed by atoms with Crippen LogP contribution in [0.4, 0.5) is 0 Å². The summed E-state index contributed by atoms with van der Waals surface area (Å²) in [7, 11) is 1.64. The Hall–Kier alpha value is -1.06. The lowest BCUT2D eigenvalue weighted by atomic mass is 9.70. The van der Waals surface area contributed by atoms with Gasteiger partial charge >= 0.3 is 0 Å². The molecular formula is C18H34N2O2. The summed E-state index contributed by atoms with van der Waals surface area (Å²) in [5.41, 5.74) is 0.0447. The molecule has 1 atom stereocenters. The Balaban J connectivity index is 2.88. The van der Waals surface area contributed by atoms with Gasteiger partial charge in [0.15, 0.2) is 0 Å². The Kier molecular flexibility index (Phi) is 6.05. The molecule has 4 nitrogen and oxygen atoms in total. The van der Waals surface area contributed by atoms with Crippen molar-refractivity contribution in [3.8, 4) is 0 Å². The minimum atomic E-state index is -0.411. The Morgan fingerprint density at radius 2 is 1.59 bits per heavy atom. The van der Waals surface area contributed by atoms with Crippen molar-refractivity contribution in [1.29, 1.82) is 0 Å². The smallest absolute Gasteiger partial charge is 0.243 e. The molecule has 1 aliphatic rings. The van der Waals surface area contributed by atoms with E-state index in [0.717, 1.165) is 32.1 Å². The van der Waals surface area contributed by atoms with Crippen molar-refractivity contribution in [2.24, 2.45) is 16.7 Å². The van der Waals surface area contributed by atoms with Gasteiger partial charge in [-0.3, -0.25) is 9.59 Å². The Morgan fingerprint density at radius 1 is 1.09 bits per heavy atom. The molecule has 0 heterocycles. The van der Waals surface area contributed by atoms with Gasteiger partial charge in [0.1, 0.15) is 6.04 Å². The van der Waals surface area contributed by atoms with Gasteiger partial charge in [0.2, 0.25) is 12.3 Å². The molecule has 0 aromatic rings. The third-order valence-electron chi connectivity index (χ3n) is 5.08. The van der Waals surface area contributed by atoms with E-state index in [9.17, 15) is 9.59 Å². The lowest BCUT2D eigenvalue weighted by molar-refractivity contribution is -0.140. The van der Waals surface area contributed by atoms with E-state index in [1.54, 1.807) is 11.9 Å². The summed E-state index contributed by atoms with van der Waals surface area (Å²) in [5, 5.41) is 2.72. The summed E-state index contributed by atoms with van der Waals surface area (Å²) in [5.74, 6) is 0.628. The predicted octanol–water partition coefficient (Wildman–Crippen LogP) is 3.21. The summed E-state index contributed by atoms with van der Waals surface area (Å²) in [6.45, 7) is 12.9. The Labute approximate surface area is 136 Å². The zero-order chi connectivity index (χ0) is 17.1. The van der Waals surface area contributed by atoms with Crippen LogP contribution in [0.3, 0.4) is 0 Å². The lowest BCUT2D eigenvalue weighted by Gasteiger charge is -2.45. The number of nitrogens with one attached hydrogen (secondary N) is 1. The third kappa shape index (κ3) is 4.47. The van der Waals surface area contributed by atoms with E-state index in [1.807, 2.05) is 20.8 Å². The predicted molar refractivity (Wildman–Crippen MR) is 90.4 cm³/mol. The van der Waals surface area contributed by atoms with Gasteiger partial charge in [-0.05, 0) is 42.4 Å². The molecule has 0 aliphatic heterocycles. The van der Waals surface area contributed by atoms with E-state index in [4.69, 9.17) is 0 Å². The average Bonchev–Trinajstić information content (AvgIpc) is 2.41. The summed E-state index contributed by atoms with van der Waals surface area (Å²) in [6, 6.07) is -0.233. The van der Waals surface area contributed by atoms with Gasteiger partial charge < -0.3 is 10.2 Å². The van der Waals surface area contributed by atoms with Crippen molar-refractivity contribution < 1.29 is 9.59 Å². The van der Waals surface area contributed by atoms with Crippen molar-refractivity contribution in [1.82, 2.24) is 10.2 Å². The van der Waals surface area contributed by atoms with Crippen LogP contribution < -0.4 is 5.32 Å². The summed E-state index contributed by atoms with van der Waals surface area (Å²) in [4.78, 5) is 25.8. The minimum Gasteiger partial charge on any atom is -0.357 e. The molecule has 128 valence electrons. The van der Waals surface area contributed by atoms with E-state index < -0.39 is 6.04 Å². The SMILES string of the molecule is CNC(=O)C(N(C=O)C1CCC(C(C)(C)C)CC1)C(C)(C)C. The van der Waals surface area contributed by atoms with Crippen molar-refractivity contribution in [3.05, 3.63) is 0 Å². The molecule has 1 fully saturated rings. The fourth-order valence-corrected chi connectivity index (χ4v) is 3.71. The van der Waals surface area contributed by atoms with Gasteiger partial charge in [-0.25, -0.2) is 0 Å². The first-order valence-corrected chi connectivity index (χ1v) is 8.46. The molecule has 0 saturated heterocycles. The van der Waals surface area contributed by atoms with Crippen molar-refractivity contribution in [2.45, 2.75) is 79.3 Å². The second kappa shape index (κ2) is 7.01. The maximum Gasteiger partial charge on any atom is 0.243 e. The second-order valence-corrected chi connectivity index (χ2v) is 8.81. The fourth-order valence-electron chi connectivity index (χ4n) is 3.71. The van der Waals surface area contributed by atoms with Crippen LogP contribution >= 0.6 is 0 Å². The summed E-state index contributed by atoms with van der Waals surface area (Å²) >= 11 is 0. The number of hydrogen-bond acceptors (Lipinski definition) is 2. The van der Waals surface area contributed by atoms with E-state index in [-0.39, 0.29) is 17.4 Å². The molecule has 22 heavy (non-hydrogen) atoms. The number of rotatable bonds is 4. The minimum absolute atomic E-state index is 0.0717. The quantitative estimate of drug-likeness (QED) is 0.811. The summed E-state index contributed by atoms with van der Waals surface area (Å²) in [6.07, 6.45) is 5.12. The standard InChI is InChI=1S/C18H34N2O2/c1-17(2,3)13-8-10-14(11-9-13)20(12-21)15(16(22)19-7)18(4,5)6/h12-15H,8-11H2,1-7H3,(H,19,22). The fraction of sp³-hybridized carbons (Fsp3) is 0.889. The highest BCUT2D eigenvalue weighted by atomic mass is 16.2. The average molecular weight is 310 g/mol. The third-order valence-corrected chi connectivity index (χ3v) is 5.08. The maximum absolute atomic E-state index is 12.3. The number of hydrogen-bond donors (Lipinski definition) is 1. The molecule has 0 bridgehead atoms. The molecule has 4 heteroatoms.